The van der Waals surface area contributed by atoms with Crippen LogP contribution >= 0.6 is 11.3 Å². The average Bonchev–Trinajstić information content (AvgIpc) is 3.13. The lowest BCUT2D eigenvalue weighted by Gasteiger charge is -2.26. The first-order valence-corrected chi connectivity index (χ1v) is 9.81. The monoisotopic (exact) mass is 364 g/mol. The van der Waals surface area contributed by atoms with Crippen molar-refractivity contribution in [3.05, 3.63) is 35.5 Å². The third-order valence-electron chi connectivity index (χ3n) is 3.88. The fourth-order valence-corrected chi connectivity index (χ4v) is 4.87. The minimum Gasteiger partial charge on any atom is -0.379 e. The molecule has 0 radical (unpaired) electrons. The van der Waals surface area contributed by atoms with E-state index in [1.54, 1.807) is 22.7 Å². The van der Waals surface area contributed by atoms with Crippen molar-refractivity contribution in [2.45, 2.75) is 11.8 Å². The van der Waals surface area contributed by atoms with Crippen LogP contribution in [0.4, 0.5) is 0 Å². The van der Waals surface area contributed by atoms with Crippen LogP contribution in [0.25, 0.3) is 16.2 Å². The van der Waals surface area contributed by atoms with Gasteiger partial charge in [-0.05, 0) is 19.1 Å². The minimum atomic E-state index is -3.51. The summed E-state index contributed by atoms with van der Waals surface area (Å²) < 4.78 is 34.0. The van der Waals surface area contributed by atoms with Gasteiger partial charge in [0.15, 0.2) is 0 Å². The fourth-order valence-electron chi connectivity index (χ4n) is 2.69. The Kier molecular flexibility index (Phi) is 3.87. The summed E-state index contributed by atoms with van der Waals surface area (Å²) in [5.41, 5.74) is 1.48. The maximum absolute atomic E-state index is 12.8. The van der Waals surface area contributed by atoms with E-state index < -0.39 is 10.0 Å². The predicted molar refractivity (Wildman–Crippen MR) is 90.6 cm³/mol. The number of imidazole rings is 1. The molecular formula is C15H16N4O3S2. The van der Waals surface area contributed by atoms with Crippen LogP contribution in [0.3, 0.4) is 0 Å². The fraction of sp³-hybridized carbons (Fsp3) is 0.333. The standard InChI is InChI=1S/C15H16N4O3S2/c1-11-17-19-10-14(16-15(19)23-11)12-3-2-4-13(9-12)24(20,21)18-5-7-22-8-6-18/h2-4,9-10H,5-8H2,1H3. The highest BCUT2D eigenvalue weighted by Crippen LogP contribution is 2.25. The van der Waals surface area contributed by atoms with Crippen molar-refractivity contribution in [1.82, 2.24) is 18.9 Å². The Morgan fingerprint density at radius 3 is 2.79 bits per heavy atom. The van der Waals surface area contributed by atoms with Gasteiger partial charge < -0.3 is 4.74 Å². The number of hydrogen-bond acceptors (Lipinski definition) is 6. The smallest absolute Gasteiger partial charge is 0.243 e. The first-order valence-electron chi connectivity index (χ1n) is 7.55. The molecular weight excluding hydrogens is 348 g/mol. The van der Waals surface area contributed by atoms with E-state index in [0.717, 1.165) is 15.5 Å². The van der Waals surface area contributed by atoms with Gasteiger partial charge in [-0.2, -0.15) is 9.40 Å². The summed E-state index contributed by atoms with van der Waals surface area (Å²) in [5, 5.41) is 5.27. The third-order valence-corrected chi connectivity index (χ3v) is 6.61. The van der Waals surface area contributed by atoms with E-state index in [2.05, 4.69) is 10.1 Å². The normalized spacial score (nSPS) is 16.7. The lowest BCUT2D eigenvalue weighted by atomic mass is 10.2. The number of rotatable bonds is 3. The second-order valence-corrected chi connectivity index (χ2v) is 8.62. The number of aromatic nitrogens is 3. The molecule has 0 spiro atoms. The van der Waals surface area contributed by atoms with Gasteiger partial charge in [-0.15, -0.1) is 0 Å². The molecule has 1 fully saturated rings. The molecule has 7 nitrogen and oxygen atoms in total. The van der Waals surface area contributed by atoms with E-state index in [-0.39, 0.29) is 4.90 Å². The summed E-state index contributed by atoms with van der Waals surface area (Å²) in [7, 11) is -3.51. The van der Waals surface area contributed by atoms with E-state index >= 15 is 0 Å². The molecule has 1 aliphatic heterocycles. The summed E-state index contributed by atoms with van der Waals surface area (Å²) in [4.78, 5) is 5.61. The molecule has 1 saturated heterocycles. The summed E-state index contributed by atoms with van der Waals surface area (Å²) in [6.45, 7) is 3.56. The SMILES string of the molecule is Cc1nn2cc(-c3cccc(S(=O)(=O)N4CCOCC4)c3)nc2s1. The van der Waals surface area contributed by atoms with Crippen LogP contribution in [0.5, 0.6) is 0 Å². The highest BCUT2D eigenvalue weighted by Gasteiger charge is 2.26. The Hall–Kier alpha value is -1.81. The van der Waals surface area contributed by atoms with E-state index in [1.165, 1.54) is 15.6 Å². The molecule has 0 saturated carbocycles. The molecule has 0 atom stereocenters. The van der Waals surface area contributed by atoms with Crippen LogP contribution in [0.2, 0.25) is 0 Å². The number of morpholine rings is 1. The van der Waals surface area contributed by atoms with Crippen molar-refractivity contribution < 1.29 is 13.2 Å². The maximum atomic E-state index is 12.8. The second kappa shape index (κ2) is 5.92. The van der Waals surface area contributed by atoms with Crippen LogP contribution < -0.4 is 0 Å². The highest BCUT2D eigenvalue weighted by molar-refractivity contribution is 7.89. The summed E-state index contributed by atoms with van der Waals surface area (Å²) in [6.07, 6.45) is 1.82. The van der Waals surface area contributed by atoms with Crippen LogP contribution in [0.15, 0.2) is 35.4 Å². The number of aryl methyl sites for hydroxylation is 1. The second-order valence-electron chi connectivity index (χ2n) is 5.52. The van der Waals surface area contributed by atoms with E-state index in [1.807, 2.05) is 19.2 Å². The molecule has 3 aromatic rings. The summed E-state index contributed by atoms with van der Waals surface area (Å²) >= 11 is 1.50. The molecule has 2 aromatic heterocycles. The maximum Gasteiger partial charge on any atom is 0.243 e. The zero-order valence-electron chi connectivity index (χ0n) is 13.0. The Balaban J connectivity index is 1.71. The predicted octanol–water partition coefficient (Wildman–Crippen LogP) is 1.79. The number of ether oxygens (including phenoxy) is 1. The number of sulfonamides is 1. The Labute approximate surface area is 143 Å². The summed E-state index contributed by atoms with van der Waals surface area (Å²) in [5.74, 6) is 0. The zero-order valence-corrected chi connectivity index (χ0v) is 14.7. The molecule has 0 bridgehead atoms. The van der Waals surface area contributed by atoms with Crippen LogP contribution in [0.1, 0.15) is 5.01 Å². The molecule has 0 unspecified atom stereocenters. The van der Waals surface area contributed by atoms with Crippen molar-refractivity contribution in [1.29, 1.82) is 0 Å². The average molecular weight is 364 g/mol. The molecule has 9 heteroatoms. The van der Waals surface area contributed by atoms with Crippen LogP contribution in [0, 0.1) is 6.92 Å². The highest BCUT2D eigenvalue weighted by atomic mass is 32.2. The molecule has 0 amide bonds. The third kappa shape index (κ3) is 2.73. The van der Waals surface area contributed by atoms with Gasteiger partial charge in [-0.1, -0.05) is 23.5 Å². The zero-order chi connectivity index (χ0) is 16.7. The molecule has 0 aliphatic carbocycles. The topological polar surface area (TPSA) is 76.8 Å². The number of fused-ring (bicyclic) bond motifs is 1. The van der Waals surface area contributed by atoms with E-state index in [4.69, 9.17) is 4.74 Å². The molecule has 1 aromatic carbocycles. The van der Waals surface area contributed by atoms with Gasteiger partial charge in [0.05, 0.1) is 30.0 Å². The molecule has 126 valence electrons. The van der Waals surface area contributed by atoms with E-state index in [9.17, 15) is 8.42 Å². The van der Waals surface area contributed by atoms with Gasteiger partial charge in [0.1, 0.15) is 5.01 Å². The van der Waals surface area contributed by atoms with Gasteiger partial charge in [0.25, 0.3) is 0 Å². The lowest BCUT2D eigenvalue weighted by molar-refractivity contribution is 0.0730. The Morgan fingerprint density at radius 1 is 1.25 bits per heavy atom. The van der Waals surface area contributed by atoms with Crippen molar-refractivity contribution >= 4 is 26.3 Å². The van der Waals surface area contributed by atoms with Gasteiger partial charge >= 0.3 is 0 Å². The number of nitrogens with zero attached hydrogens (tertiary/aromatic N) is 4. The summed E-state index contributed by atoms with van der Waals surface area (Å²) in [6, 6.07) is 6.89. The van der Waals surface area contributed by atoms with Crippen molar-refractivity contribution in [2.75, 3.05) is 26.3 Å². The quantitative estimate of drug-likeness (QED) is 0.708. The largest absolute Gasteiger partial charge is 0.379 e. The van der Waals surface area contributed by atoms with Gasteiger partial charge in [0, 0.05) is 18.7 Å². The van der Waals surface area contributed by atoms with Crippen molar-refractivity contribution in [2.24, 2.45) is 0 Å². The Bertz CT molecular complexity index is 956. The Morgan fingerprint density at radius 2 is 2.04 bits per heavy atom. The molecule has 3 heterocycles. The van der Waals surface area contributed by atoms with Gasteiger partial charge in [-0.25, -0.2) is 17.9 Å². The van der Waals surface area contributed by atoms with Crippen LogP contribution in [-0.4, -0.2) is 53.6 Å². The lowest BCUT2D eigenvalue weighted by Crippen LogP contribution is -2.40. The molecule has 1 aliphatic rings. The minimum absolute atomic E-state index is 0.280. The van der Waals surface area contributed by atoms with Gasteiger partial charge in [0.2, 0.25) is 15.0 Å². The van der Waals surface area contributed by atoms with Crippen molar-refractivity contribution in [3.8, 4) is 11.3 Å². The van der Waals surface area contributed by atoms with Crippen molar-refractivity contribution in [3.63, 3.8) is 0 Å². The first-order chi connectivity index (χ1) is 11.5. The molecule has 24 heavy (non-hydrogen) atoms. The number of hydrogen-bond donors (Lipinski definition) is 0. The van der Waals surface area contributed by atoms with Crippen LogP contribution in [-0.2, 0) is 14.8 Å². The van der Waals surface area contributed by atoms with E-state index in [0.29, 0.717) is 32.0 Å². The number of benzene rings is 1. The molecule has 0 N–H and O–H groups in total. The first kappa shape index (κ1) is 15.7. The van der Waals surface area contributed by atoms with Gasteiger partial charge in [-0.3, -0.25) is 0 Å². The molecule has 4 rings (SSSR count).